The molecular weight excluding hydrogens is 292 g/mol. The van der Waals surface area contributed by atoms with Crippen LogP contribution in [0, 0.1) is 5.92 Å². The average Bonchev–Trinajstić information content (AvgIpc) is 3.31. The Labute approximate surface area is 136 Å². The standard InChI is InChI=1S/C18H24N2O3/c1-20-10-14(16-4-2-3-5-17(16)20)8-18(22)19-9-15(21)12-23-11-13-6-7-13/h2-5,10,13,15,21H,6-9,11-12H2,1H3,(H,19,22). The van der Waals surface area contributed by atoms with E-state index in [0.717, 1.165) is 23.1 Å². The summed E-state index contributed by atoms with van der Waals surface area (Å²) in [5.74, 6) is 0.603. The number of fused-ring (bicyclic) bond motifs is 1. The predicted molar refractivity (Wildman–Crippen MR) is 89.2 cm³/mol. The number of para-hydroxylation sites is 1. The molecule has 1 fully saturated rings. The van der Waals surface area contributed by atoms with Crippen LogP contribution in [0.4, 0.5) is 0 Å². The molecule has 5 nitrogen and oxygen atoms in total. The Kier molecular flexibility index (Phi) is 4.98. The molecule has 3 rings (SSSR count). The van der Waals surface area contributed by atoms with E-state index in [1.54, 1.807) is 0 Å². The van der Waals surface area contributed by atoms with E-state index < -0.39 is 6.10 Å². The number of hydrogen-bond donors (Lipinski definition) is 2. The third kappa shape index (κ3) is 4.33. The van der Waals surface area contributed by atoms with Crippen molar-refractivity contribution in [1.82, 2.24) is 9.88 Å². The number of carbonyl (C=O) groups excluding carboxylic acids is 1. The monoisotopic (exact) mass is 316 g/mol. The van der Waals surface area contributed by atoms with Crippen LogP contribution in [-0.2, 0) is 23.0 Å². The molecule has 1 aromatic heterocycles. The van der Waals surface area contributed by atoms with Gasteiger partial charge in [0.25, 0.3) is 0 Å². The van der Waals surface area contributed by atoms with Crippen LogP contribution < -0.4 is 5.32 Å². The highest BCUT2D eigenvalue weighted by molar-refractivity contribution is 5.89. The van der Waals surface area contributed by atoms with Crippen LogP contribution in [0.3, 0.4) is 0 Å². The number of aromatic nitrogens is 1. The molecule has 1 aliphatic rings. The highest BCUT2D eigenvalue weighted by atomic mass is 16.5. The fourth-order valence-electron chi connectivity index (χ4n) is 2.75. The lowest BCUT2D eigenvalue weighted by atomic mass is 10.1. The van der Waals surface area contributed by atoms with E-state index in [2.05, 4.69) is 5.32 Å². The summed E-state index contributed by atoms with van der Waals surface area (Å²) in [6.07, 6.45) is 4.12. The summed E-state index contributed by atoms with van der Waals surface area (Å²) in [4.78, 5) is 12.1. The molecule has 0 spiro atoms. The van der Waals surface area contributed by atoms with Crippen molar-refractivity contribution in [2.24, 2.45) is 13.0 Å². The van der Waals surface area contributed by atoms with Gasteiger partial charge >= 0.3 is 0 Å². The van der Waals surface area contributed by atoms with Gasteiger partial charge in [-0.25, -0.2) is 0 Å². The summed E-state index contributed by atoms with van der Waals surface area (Å²) in [6, 6.07) is 8.03. The lowest BCUT2D eigenvalue weighted by molar-refractivity contribution is -0.121. The van der Waals surface area contributed by atoms with Crippen LogP contribution >= 0.6 is 0 Å². The van der Waals surface area contributed by atoms with Crippen LogP contribution in [0.2, 0.25) is 0 Å². The van der Waals surface area contributed by atoms with Gasteiger partial charge in [-0.3, -0.25) is 4.79 Å². The van der Waals surface area contributed by atoms with Gasteiger partial charge in [0.1, 0.15) is 0 Å². The summed E-state index contributed by atoms with van der Waals surface area (Å²) in [7, 11) is 1.98. The summed E-state index contributed by atoms with van der Waals surface area (Å²) in [6.45, 7) is 1.24. The Morgan fingerprint density at radius 2 is 2.22 bits per heavy atom. The predicted octanol–water partition coefficient (Wildman–Crippen LogP) is 1.62. The van der Waals surface area contributed by atoms with Crippen molar-refractivity contribution in [1.29, 1.82) is 0 Å². The Morgan fingerprint density at radius 3 is 3.00 bits per heavy atom. The third-order valence-electron chi connectivity index (χ3n) is 4.23. The minimum atomic E-state index is -0.648. The Morgan fingerprint density at radius 1 is 1.43 bits per heavy atom. The number of ether oxygens (including phenoxy) is 1. The number of benzene rings is 1. The first-order valence-electron chi connectivity index (χ1n) is 8.19. The second-order valence-corrected chi connectivity index (χ2v) is 6.40. The molecule has 0 aliphatic heterocycles. The highest BCUT2D eigenvalue weighted by Gasteiger charge is 2.21. The number of aliphatic hydroxyl groups excluding tert-OH is 1. The molecule has 2 N–H and O–H groups in total. The maximum Gasteiger partial charge on any atom is 0.224 e. The molecule has 23 heavy (non-hydrogen) atoms. The van der Waals surface area contributed by atoms with E-state index in [4.69, 9.17) is 4.74 Å². The molecule has 0 radical (unpaired) electrons. The molecule has 1 atom stereocenters. The largest absolute Gasteiger partial charge is 0.389 e. The average molecular weight is 316 g/mol. The van der Waals surface area contributed by atoms with E-state index >= 15 is 0 Å². The van der Waals surface area contributed by atoms with Crippen LogP contribution in [0.25, 0.3) is 10.9 Å². The number of carbonyl (C=O) groups is 1. The van der Waals surface area contributed by atoms with Crippen LogP contribution in [-0.4, -0.2) is 41.4 Å². The maximum absolute atomic E-state index is 12.1. The van der Waals surface area contributed by atoms with Crippen molar-refractivity contribution in [2.75, 3.05) is 19.8 Å². The van der Waals surface area contributed by atoms with Crippen molar-refractivity contribution in [3.8, 4) is 0 Å². The van der Waals surface area contributed by atoms with Crippen molar-refractivity contribution >= 4 is 16.8 Å². The zero-order valence-electron chi connectivity index (χ0n) is 13.5. The SMILES string of the molecule is Cn1cc(CC(=O)NCC(O)COCC2CC2)c2ccccc21. The highest BCUT2D eigenvalue weighted by Crippen LogP contribution is 2.28. The lowest BCUT2D eigenvalue weighted by Gasteiger charge is -2.12. The molecule has 1 heterocycles. The quantitative estimate of drug-likeness (QED) is 0.778. The van der Waals surface area contributed by atoms with Crippen molar-refractivity contribution in [3.63, 3.8) is 0 Å². The van der Waals surface area contributed by atoms with Crippen LogP contribution in [0.15, 0.2) is 30.5 Å². The molecule has 1 unspecified atom stereocenters. The molecule has 1 aliphatic carbocycles. The van der Waals surface area contributed by atoms with E-state index in [-0.39, 0.29) is 19.1 Å². The van der Waals surface area contributed by atoms with E-state index in [1.807, 2.05) is 42.1 Å². The summed E-state index contributed by atoms with van der Waals surface area (Å²) < 4.78 is 7.45. The molecule has 0 bridgehead atoms. The van der Waals surface area contributed by atoms with Gasteiger partial charge in [-0.1, -0.05) is 18.2 Å². The second kappa shape index (κ2) is 7.15. The van der Waals surface area contributed by atoms with E-state index in [0.29, 0.717) is 12.3 Å². The van der Waals surface area contributed by atoms with Gasteiger partial charge in [0, 0.05) is 37.3 Å². The van der Waals surface area contributed by atoms with Gasteiger partial charge in [0.2, 0.25) is 5.91 Å². The molecular formula is C18H24N2O3. The van der Waals surface area contributed by atoms with Crippen molar-refractivity contribution in [3.05, 3.63) is 36.0 Å². The Balaban J connectivity index is 1.46. The van der Waals surface area contributed by atoms with Crippen molar-refractivity contribution in [2.45, 2.75) is 25.4 Å². The molecule has 1 saturated carbocycles. The molecule has 124 valence electrons. The first-order valence-corrected chi connectivity index (χ1v) is 8.19. The lowest BCUT2D eigenvalue weighted by Crippen LogP contribution is -2.35. The van der Waals surface area contributed by atoms with Crippen LogP contribution in [0.5, 0.6) is 0 Å². The molecule has 5 heteroatoms. The number of hydrogen-bond acceptors (Lipinski definition) is 3. The number of rotatable bonds is 8. The number of aryl methyl sites for hydroxylation is 1. The second-order valence-electron chi connectivity index (χ2n) is 6.40. The summed E-state index contributed by atoms with van der Waals surface area (Å²) in [5.41, 5.74) is 2.11. The minimum absolute atomic E-state index is 0.0809. The molecule has 2 aromatic rings. The third-order valence-corrected chi connectivity index (χ3v) is 4.23. The zero-order chi connectivity index (χ0) is 16.2. The fraction of sp³-hybridized carbons (Fsp3) is 0.500. The normalized spacial score (nSPS) is 15.7. The molecule has 1 amide bonds. The molecule has 1 aromatic carbocycles. The van der Waals surface area contributed by atoms with Gasteiger partial charge in [-0.05, 0) is 30.4 Å². The first-order chi connectivity index (χ1) is 11.1. The van der Waals surface area contributed by atoms with Gasteiger partial charge < -0.3 is 19.7 Å². The minimum Gasteiger partial charge on any atom is -0.389 e. The van der Waals surface area contributed by atoms with Gasteiger partial charge in [0.15, 0.2) is 0 Å². The zero-order valence-corrected chi connectivity index (χ0v) is 13.5. The Hall–Kier alpha value is -1.85. The van der Waals surface area contributed by atoms with E-state index in [9.17, 15) is 9.90 Å². The summed E-state index contributed by atoms with van der Waals surface area (Å²) >= 11 is 0. The van der Waals surface area contributed by atoms with Gasteiger partial charge in [0.05, 0.1) is 19.1 Å². The number of nitrogens with one attached hydrogen (secondary N) is 1. The number of amides is 1. The van der Waals surface area contributed by atoms with Crippen molar-refractivity contribution < 1.29 is 14.6 Å². The van der Waals surface area contributed by atoms with Gasteiger partial charge in [-0.2, -0.15) is 0 Å². The summed E-state index contributed by atoms with van der Waals surface area (Å²) in [5, 5.41) is 13.7. The number of nitrogens with zero attached hydrogens (tertiary/aromatic N) is 1. The van der Waals surface area contributed by atoms with E-state index in [1.165, 1.54) is 12.8 Å². The maximum atomic E-state index is 12.1. The Bertz CT molecular complexity index is 676. The van der Waals surface area contributed by atoms with Gasteiger partial charge in [-0.15, -0.1) is 0 Å². The smallest absolute Gasteiger partial charge is 0.224 e. The molecule has 0 saturated heterocycles. The fourth-order valence-corrected chi connectivity index (χ4v) is 2.75. The first kappa shape index (κ1) is 16.0. The number of aliphatic hydroxyl groups is 1. The van der Waals surface area contributed by atoms with Crippen LogP contribution in [0.1, 0.15) is 18.4 Å². The topological polar surface area (TPSA) is 63.5 Å².